The molecule has 1 atom stereocenters. The number of fused-ring (bicyclic) bond motifs is 1. The molecule has 1 heterocycles. The molecule has 16 heavy (non-hydrogen) atoms. The van der Waals surface area contributed by atoms with Crippen molar-refractivity contribution in [1.29, 1.82) is 0 Å². The number of anilines is 1. The summed E-state index contributed by atoms with van der Waals surface area (Å²) >= 11 is 0. The number of rotatable bonds is 1. The van der Waals surface area contributed by atoms with E-state index in [0.717, 1.165) is 24.5 Å². The lowest BCUT2D eigenvalue weighted by molar-refractivity contribution is 0.231. The number of benzene rings is 1. The van der Waals surface area contributed by atoms with Crippen LogP contribution in [-0.2, 0) is 0 Å². The fraction of sp³-hybridized carbons (Fsp3) is 0.538. The molecule has 1 aromatic carbocycles. The third-order valence-electron chi connectivity index (χ3n) is 2.68. The number of nitrogen functional groups attached to an aromatic ring is 1. The van der Waals surface area contributed by atoms with Crippen LogP contribution in [-0.4, -0.2) is 12.1 Å². The maximum absolute atomic E-state index is 5.82. The van der Waals surface area contributed by atoms with Crippen molar-refractivity contribution in [1.82, 2.24) is 5.32 Å². The lowest BCUT2D eigenvalue weighted by atomic mass is 9.96. The number of nitrogens with one attached hydrogen (secondary N) is 1. The molecule has 0 saturated carbocycles. The van der Waals surface area contributed by atoms with Crippen LogP contribution in [0.3, 0.4) is 0 Å². The van der Waals surface area contributed by atoms with Gasteiger partial charge < -0.3 is 15.8 Å². The molecule has 1 aromatic rings. The predicted molar refractivity (Wildman–Crippen MR) is 66.6 cm³/mol. The van der Waals surface area contributed by atoms with Crippen LogP contribution in [0.25, 0.3) is 0 Å². The summed E-state index contributed by atoms with van der Waals surface area (Å²) in [6.07, 6.45) is 0.994. The van der Waals surface area contributed by atoms with Crippen LogP contribution in [0.2, 0.25) is 0 Å². The van der Waals surface area contributed by atoms with Gasteiger partial charge in [-0.1, -0.05) is 0 Å². The van der Waals surface area contributed by atoms with Crippen LogP contribution in [0.4, 0.5) is 5.69 Å². The number of nitrogens with two attached hydrogens (primary N) is 1. The maximum atomic E-state index is 5.82. The summed E-state index contributed by atoms with van der Waals surface area (Å²) in [5.74, 6) is 0.960. The van der Waals surface area contributed by atoms with Gasteiger partial charge in [-0.2, -0.15) is 0 Å². The summed E-state index contributed by atoms with van der Waals surface area (Å²) < 4.78 is 5.63. The van der Waals surface area contributed by atoms with Crippen LogP contribution in [0.1, 0.15) is 38.8 Å². The van der Waals surface area contributed by atoms with E-state index in [9.17, 15) is 0 Å². The molecule has 3 nitrogen and oxygen atoms in total. The standard InChI is InChI=1S/C13H20N2O/c1-13(2,3)15-11-6-7-16-12-5-4-9(14)8-10(11)12/h4-5,8,11,15H,6-7,14H2,1-3H3. The van der Waals surface area contributed by atoms with Gasteiger partial charge >= 0.3 is 0 Å². The second-order valence-corrected chi connectivity index (χ2v) is 5.38. The van der Waals surface area contributed by atoms with E-state index in [2.05, 4.69) is 26.1 Å². The van der Waals surface area contributed by atoms with Gasteiger partial charge in [0.1, 0.15) is 5.75 Å². The molecule has 88 valence electrons. The van der Waals surface area contributed by atoms with E-state index in [1.807, 2.05) is 18.2 Å². The Morgan fingerprint density at radius 3 is 2.81 bits per heavy atom. The Kier molecular flexibility index (Phi) is 2.80. The van der Waals surface area contributed by atoms with Crippen molar-refractivity contribution in [3.63, 3.8) is 0 Å². The monoisotopic (exact) mass is 220 g/mol. The summed E-state index contributed by atoms with van der Waals surface area (Å²) in [4.78, 5) is 0. The molecule has 3 heteroatoms. The van der Waals surface area contributed by atoms with Crippen LogP contribution >= 0.6 is 0 Å². The zero-order chi connectivity index (χ0) is 11.8. The normalized spacial score (nSPS) is 20.1. The van der Waals surface area contributed by atoms with Crippen molar-refractivity contribution in [2.75, 3.05) is 12.3 Å². The quantitative estimate of drug-likeness (QED) is 0.715. The summed E-state index contributed by atoms with van der Waals surface area (Å²) in [6, 6.07) is 6.20. The summed E-state index contributed by atoms with van der Waals surface area (Å²) in [6.45, 7) is 7.29. The first-order valence-electron chi connectivity index (χ1n) is 5.76. The Bertz CT molecular complexity index is 382. The van der Waals surface area contributed by atoms with E-state index in [1.165, 1.54) is 5.56 Å². The molecule has 0 radical (unpaired) electrons. The van der Waals surface area contributed by atoms with Crippen molar-refractivity contribution in [2.24, 2.45) is 0 Å². The van der Waals surface area contributed by atoms with E-state index in [-0.39, 0.29) is 5.54 Å². The smallest absolute Gasteiger partial charge is 0.124 e. The third-order valence-corrected chi connectivity index (χ3v) is 2.68. The SMILES string of the molecule is CC(C)(C)NC1CCOc2ccc(N)cc21. The molecule has 1 aliphatic heterocycles. The van der Waals surface area contributed by atoms with Crippen molar-refractivity contribution in [3.8, 4) is 5.75 Å². The lowest BCUT2D eigenvalue weighted by Crippen LogP contribution is -2.40. The molecule has 0 saturated heterocycles. The molecule has 0 bridgehead atoms. The van der Waals surface area contributed by atoms with Gasteiger partial charge in [-0.25, -0.2) is 0 Å². The highest BCUT2D eigenvalue weighted by Gasteiger charge is 2.25. The summed E-state index contributed by atoms with van der Waals surface area (Å²) in [5, 5.41) is 3.61. The average molecular weight is 220 g/mol. The van der Waals surface area contributed by atoms with Crippen molar-refractivity contribution < 1.29 is 4.74 Å². The summed E-state index contributed by atoms with van der Waals surface area (Å²) in [7, 11) is 0. The van der Waals surface area contributed by atoms with Crippen molar-refractivity contribution in [3.05, 3.63) is 23.8 Å². The highest BCUT2D eigenvalue weighted by Crippen LogP contribution is 2.34. The Hall–Kier alpha value is -1.22. The van der Waals surface area contributed by atoms with Crippen LogP contribution in [0.5, 0.6) is 5.75 Å². The Balaban J connectivity index is 2.28. The number of hydrogen-bond acceptors (Lipinski definition) is 3. The van der Waals surface area contributed by atoms with Crippen molar-refractivity contribution >= 4 is 5.69 Å². The molecule has 0 amide bonds. The van der Waals surface area contributed by atoms with Crippen molar-refractivity contribution in [2.45, 2.75) is 38.8 Å². The van der Waals surface area contributed by atoms with Gasteiger partial charge in [-0.3, -0.25) is 0 Å². The van der Waals surface area contributed by atoms with E-state index in [0.29, 0.717) is 6.04 Å². The summed E-state index contributed by atoms with van der Waals surface area (Å²) in [5.41, 5.74) is 7.90. The van der Waals surface area contributed by atoms with Gasteiger partial charge in [0.15, 0.2) is 0 Å². The molecule has 1 unspecified atom stereocenters. The minimum Gasteiger partial charge on any atom is -0.493 e. The first-order valence-corrected chi connectivity index (χ1v) is 5.76. The Morgan fingerprint density at radius 1 is 1.38 bits per heavy atom. The largest absolute Gasteiger partial charge is 0.493 e. The first kappa shape index (κ1) is 11.3. The van der Waals surface area contributed by atoms with Gasteiger partial charge in [0.25, 0.3) is 0 Å². The average Bonchev–Trinajstić information content (AvgIpc) is 2.17. The van der Waals surface area contributed by atoms with Gasteiger partial charge in [-0.15, -0.1) is 0 Å². The van der Waals surface area contributed by atoms with Gasteiger partial charge in [0.2, 0.25) is 0 Å². The third kappa shape index (κ3) is 2.47. The highest BCUT2D eigenvalue weighted by molar-refractivity contribution is 5.50. The molecule has 0 aliphatic carbocycles. The van der Waals surface area contributed by atoms with Crippen LogP contribution in [0, 0.1) is 0 Å². The lowest BCUT2D eigenvalue weighted by Gasteiger charge is -2.33. The molecular weight excluding hydrogens is 200 g/mol. The molecule has 3 N–H and O–H groups in total. The minimum absolute atomic E-state index is 0.101. The van der Waals surface area contributed by atoms with Crippen LogP contribution < -0.4 is 15.8 Å². The molecule has 0 fully saturated rings. The Labute approximate surface area is 97.0 Å². The zero-order valence-electron chi connectivity index (χ0n) is 10.2. The Morgan fingerprint density at radius 2 is 2.12 bits per heavy atom. The maximum Gasteiger partial charge on any atom is 0.124 e. The second-order valence-electron chi connectivity index (χ2n) is 5.38. The van der Waals surface area contributed by atoms with E-state index >= 15 is 0 Å². The molecule has 0 aromatic heterocycles. The minimum atomic E-state index is 0.101. The number of ether oxygens (including phenoxy) is 1. The predicted octanol–water partition coefficient (Wildman–Crippen LogP) is 2.48. The van der Waals surface area contributed by atoms with E-state index in [1.54, 1.807) is 0 Å². The molecule has 0 spiro atoms. The first-order chi connectivity index (χ1) is 7.46. The molecule has 2 rings (SSSR count). The van der Waals surface area contributed by atoms with E-state index < -0.39 is 0 Å². The van der Waals surface area contributed by atoms with Crippen LogP contribution in [0.15, 0.2) is 18.2 Å². The van der Waals surface area contributed by atoms with E-state index in [4.69, 9.17) is 10.5 Å². The fourth-order valence-corrected chi connectivity index (χ4v) is 2.09. The fourth-order valence-electron chi connectivity index (χ4n) is 2.09. The second kappa shape index (κ2) is 3.98. The number of hydrogen-bond donors (Lipinski definition) is 2. The zero-order valence-corrected chi connectivity index (χ0v) is 10.2. The highest BCUT2D eigenvalue weighted by atomic mass is 16.5. The molecular formula is C13H20N2O. The van der Waals surface area contributed by atoms with Gasteiger partial charge in [0, 0.05) is 29.3 Å². The van der Waals surface area contributed by atoms with Gasteiger partial charge in [-0.05, 0) is 39.0 Å². The molecule has 1 aliphatic rings. The van der Waals surface area contributed by atoms with Gasteiger partial charge in [0.05, 0.1) is 6.61 Å². The topological polar surface area (TPSA) is 47.3 Å².